The standard InChI is InChI=1S/C28H29FN4O3/c1-18-15-23(19(2)32(18)21-13-11-20(29)12-14-21)27(35)36-17-26(34)30-25-16-24(28(3,4)5)31-33(25)22-9-7-6-8-10-22/h6-16H,17H2,1-5H3,(H,30,34). The molecule has 7 nitrogen and oxygen atoms in total. The van der Waals surface area contributed by atoms with Crippen molar-refractivity contribution in [3.8, 4) is 11.4 Å². The van der Waals surface area contributed by atoms with Crippen LogP contribution in [0.3, 0.4) is 0 Å². The second kappa shape index (κ2) is 9.81. The number of halogens is 1. The number of benzene rings is 2. The van der Waals surface area contributed by atoms with Gasteiger partial charge in [-0.1, -0.05) is 39.0 Å². The van der Waals surface area contributed by atoms with Gasteiger partial charge in [-0.05, 0) is 56.3 Å². The van der Waals surface area contributed by atoms with Crippen molar-refractivity contribution in [1.82, 2.24) is 14.3 Å². The smallest absolute Gasteiger partial charge is 0.340 e. The predicted octanol–water partition coefficient (Wildman–Crippen LogP) is 5.51. The summed E-state index contributed by atoms with van der Waals surface area (Å²) in [5.41, 5.74) is 3.89. The molecule has 1 N–H and O–H groups in total. The second-order valence-corrected chi connectivity index (χ2v) is 9.63. The Hall–Kier alpha value is -4.20. The van der Waals surface area contributed by atoms with Gasteiger partial charge >= 0.3 is 5.97 Å². The molecular formula is C28H29FN4O3. The number of anilines is 1. The third kappa shape index (κ3) is 5.22. The van der Waals surface area contributed by atoms with Gasteiger partial charge in [0.25, 0.3) is 5.91 Å². The molecule has 2 heterocycles. The molecule has 0 saturated carbocycles. The van der Waals surface area contributed by atoms with Crippen LogP contribution in [0.15, 0.2) is 66.7 Å². The van der Waals surface area contributed by atoms with Gasteiger partial charge in [-0.2, -0.15) is 5.10 Å². The van der Waals surface area contributed by atoms with Crippen LogP contribution in [0.2, 0.25) is 0 Å². The number of nitrogens with zero attached hydrogens (tertiary/aromatic N) is 3. The maximum atomic E-state index is 13.3. The number of hydrogen-bond donors (Lipinski definition) is 1. The van der Waals surface area contributed by atoms with Crippen molar-refractivity contribution < 1.29 is 18.7 Å². The van der Waals surface area contributed by atoms with E-state index in [2.05, 4.69) is 10.4 Å². The van der Waals surface area contributed by atoms with Crippen LogP contribution < -0.4 is 5.32 Å². The van der Waals surface area contributed by atoms with Crippen molar-refractivity contribution in [3.05, 3.63) is 95.2 Å². The highest BCUT2D eigenvalue weighted by atomic mass is 19.1. The fourth-order valence-electron chi connectivity index (χ4n) is 3.95. The normalized spacial score (nSPS) is 11.4. The van der Waals surface area contributed by atoms with Crippen LogP contribution in [0.4, 0.5) is 10.2 Å². The number of para-hydroxylation sites is 1. The minimum absolute atomic E-state index is 0.223. The van der Waals surface area contributed by atoms with Crippen molar-refractivity contribution in [2.24, 2.45) is 0 Å². The molecule has 1 amide bonds. The van der Waals surface area contributed by atoms with Crippen molar-refractivity contribution in [2.45, 2.75) is 40.0 Å². The van der Waals surface area contributed by atoms with Crippen LogP contribution in [0, 0.1) is 19.7 Å². The summed E-state index contributed by atoms with van der Waals surface area (Å²) < 4.78 is 22.2. The minimum atomic E-state index is -0.612. The lowest BCUT2D eigenvalue weighted by atomic mass is 9.92. The third-order valence-corrected chi connectivity index (χ3v) is 5.82. The van der Waals surface area contributed by atoms with Crippen molar-refractivity contribution in [1.29, 1.82) is 0 Å². The maximum absolute atomic E-state index is 13.3. The molecule has 2 aromatic heterocycles. The third-order valence-electron chi connectivity index (χ3n) is 5.82. The van der Waals surface area contributed by atoms with E-state index in [0.29, 0.717) is 17.1 Å². The lowest BCUT2D eigenvalue weighted by Gasteiger charge is -2.14. The average molecular weight is 489 g/mol. The van der Waals surface area contributed by atoms with Crippen LogP contribution in [0.1, 0.15) is 48.2 Å². The van der Waals surface area contributed by atoms with Crippen LogP contribution in [-0.2, 0) is 14.9 Å². The SMILES string of the molecule is Cc1cc(C(=O)OCC(=O)Nc2cc(C(C)(C)C)nn2-c2ccccc2)c(C)n1-c1ccc(F)cc1. The van der Waals surface area contributed by atoms with Gasteiger partial charge in [-0.15, -0.1) is 0 Å². The molecular weight excluding hydrogens is 459 g/mol. The molecule has 8 heteroatoms. The zero-order valence-corrected chi connectivity index (χ0v) is 21.0. The number of carbonyl (C=O) groups is 2. The van der Waals surface area contributed by atoms with Gasteiger partial charge in [-0.25, -0.2) is 13.9 Å². The Kier molecular flexibility index (Phi) is 6.79. The van der Waals surface area contributed by atoms with Gasteiger partial charge in [0.05, 0.1) is 16.9 Å². The summed E-state index contributed by atoms with van der Waals surface area (Å²) in [6.07, 6.45) is 0. The number of nitrogens with one attached hydrogen (secondary N) is 1. The van der Waals surface area contributed by atoms with E-state index in [1.807, 2.05) is 68.7 Å². The van der Waals surface area contributed by atoms with Crippen LogP contribution in [0.5, 0.6) is 0 Å². The lowest BCUT2D eigenvalue weighted by molar-refractivity contribution is -0.119. The summed E-state index contributed by atoms with van der Waals surface area (Å²) in [6, 6.07) is 19.0. The first-order chi connectivity index (χ1) is 17.0. The molecule has 0 atom stereocenters. The highest BCUT2D eigenvalue weighted by Gasteiger charge is 2.23. The molecule has 36 heavy (non-hydrogen) atoms. The Morgan fingerprint density at radius 1 is 0.972 bits per heavy atom. The maximum Gasteiger partial charge on any atom is 0.340 e. The number of hydrogen-bond acceptors (Lipinski definition) is 4. The highest BCUT2D eigenvalue weighted by Crippen LogP contribution is 2.26. The zero-order chi connectivity index (χ0) is 26.0. The fraction of sp³-hybridized carbons (Fsp3) is 0.250. The Labute approximate surface area is 209 Å². The molecule has 0 radical (unpaired) electrons. The molecule has 0 fully saturated rings. The summed E-state index contributed by atoms with van der Waals surface area (Å²) in [7, 11) is 0. The number of ether oxygens (including phenoxy) is 1. The molecule has 0 unspecified atom stereocenters. The first-order valence-electron chi connectivity index (χ1n) is 11.6. The zero-order valence-electron chi connectivity index (χ0n) is 21.0. The number of aromatic nitrogens is 3. The first-order valence-corrected chi connectivity index (χ1v) is 11.6. The predicted molar refractivity (Wildman–Crippen MR) is 136 cm³/mol. The van der Waals surface area contributed by atoms with Gasteiger partial charge < -0.3 is 14.6 Å². The molecule has 0 aliphatic heterocycles. The van der Waals surface area contributed by atoms with Crippen LogP contribution >= 0.6 is 0 Å². The van der Waals surface area contributed by atoms with Gasteiger partial charge in [0.1, 0.15) is 11.6 Å². The molecule has 4 aromatic rings. The molecule has 2 aromatic carbocycles. The summed E-state index contributed by atoms with van der Waals surface area (Å²) >= 11 is 0. The Morgan fingerprint density at radius 2 is 1.64 bits per heavy atom. The van der Waals surface area contributed by atoms with Gasteiger partial charge in [-0.3, -0.25) is 4.79 Å². The van der Waals surface area contributed by atoms with Crippen molar-refractivity contribution >= 4 is 17.7 Å². The van der Waals surface area contributed by atoms with Gasteiger partial charge in [0, 0.05) is 28.6 Å². The number of amides is 1. The summed E-state index contributed by atoms with van der Waals surface area (Å²) in [4.78, 5) is 25.5. The summed E-state index contributed by atoms with van der Waals surface area (Å²) in [5, 5.41) is 7.49. The number of esters is 1. The Morgan fingerprint density at radius 3 is 2.28 bits per heavy atom. The lowest BCUT2D eigenvalue weighted by Crippen LogP contribution is -2.22. The van der Waals surface area contributed by atoms with E-state index in [4.69, 9.17) is 4.74 Å². The topological polar surface area (TPSA) is 78.2 Å². The molecule has 0 aliphatic rings. The highest BCUT2D eigenvalue weighted by molar-refractivity contribution is 5.96. The second-order valence-electron chi connectivity index (χ2n) is 9.63. The minimum Gasteiger partial charge on any atom is -0.452 e. The molecule has 4 rings (SSSR count). The van der Waals surface area contributed by atoms with E-state index < -0.39 is 18.5 Å². The quantitative estimate of drug-likeness (QED) is 0.363. The van der Waals surface area contributed by atoms with Crippen LogP contribution in [-0.4, -0.2) is 32.8 Å². The molecule has 186 valence electrons. The van der Waals surface area contributed by atoms with E-state index in [1.54, 1.807) is 29.8 Å². The van der Waals surface area contributed by atoms with Gasteiger partial charge in [0.2, 0.25) is 0 Å². The number of rotatable bonds is 6. The van der Waals surface area contributed by atoms with Crippen molar-refractivity contribution in [3.63, 3.8) is 0 Å². The van der Waals surface area contributed by atoms with Crippen LogP contribution in [0.25, 0.3) is 11.4 Å². The average Bonchev–Trinajstić information content (AvgIpc) is 3.39. The molecule has 0 spiro atoms. The summed E-state index contributed by atoms with van der Waals surface area (Å²) in [5.74, 6) is -0.941. The van der Waals surface area contributed by atoms with E-state index in [1.165, 1.54) is 12.1 Å². The monoisotopic (exact) mass is 488 g/mol. The first kappa shape index (κ1) is 24.9. The van der Waals surface area contributed by atoms with Gasteiger partial charge in [0.15, 0.2) is 6.61 Å². The number of aryl methyl sites for hydroxylation is 1. The molecule has 0 bridgehead atoms. The number of carbonyl (C=O) groups excluding carboxylic acids is 2. The van der Waals surface area contributed by atoms with E-state index >= 15 is 0 Å². The fourth-order valence-corrected chi connectivity index (χ4v) is 3.95. The van der Waals surface area contributed by atoms with Crippen molar-refractivity contribution in [2.75, 3.05) is 11.9 Å². The Balaban J connectivity index is 1.49. The van der Waals surface area contributed by atoms with E-state index in [0.717, 1.165) is 22.8 Å². The Bertz CT molecular complexity index is 1400. The largest absolute Gasteiger partial charge is 0.452 e. The van der Waals surface area contributed by atoms with E-state index in [9.17, 15) is 14.0 Å². The molecule has 0 aliphatic carbocycles. The molecule has 0 saturated heterocycles. The van der Waals surface area contributed by atoms with E-state index in [-0.39, 0.29) is 11.2 Å². The summed E-state index contributed by atoms with van der Waals surface area (Å²) in [6.45, 7) is 9.29.